The van der Waals surface area contributed by atoms with Gasteiger partial charge in [0.05, 0.1) is 6.54 Å². The predicted molar refractivity (Wildman–Crippen MR) is 132 cm³/mol. The lowest BCUT2D eigenvalue weighted by Crippen LogP contribution is -2.51. The van der Waals surface area contributed by atoms with Crippen LogP contribution in [0.4, 0.5) is 0 Å². The van der Waals surface area contributed by atoms with E-state index < -0.39 is 5.54 Å². The molecule has 1 heterocycles. The monoisotopic (exact) mass is 448 g/mol. The summed E-state index contributed by atoms with van der Waals surface area (Å²) >= 11 is 1.70. The van der Waals surface area contributed by atoms with E-state index >= 15 is 0 Å². The summed E-state index contributed by atoms with van der Waals surface area (Å²) in [6, 6.07) is 21.7. The fourth-order valence-corrected chi connectivity index (χ4v) is 4.40. The number of carbonyl (C=O) groups excluding carboxylic acids is 2. The Morgan fingerprint density at radius 3 is 2.06 bits per heavy atom. The average molecular weight is 449 g/mol. The molecule has 0 unspecified atom stereocenters. The van der Waals surface area contributed by atoms with E-state index in [0.29, 0.717) is 18.7 Å². The number of amides is 2. The Morgan fingerprint density at radius 1 is 0.844 bits per heavy atom. The molecule has 0 saturated carbocycles. The summed E-state index contributed by atoms with van der Waals surface area (Å²) in [5.41, 5.74) is 2.28. The van der Waals surface area contributed by atoms with E-state index in [1.807, 2.05) is 87.2 Å². The van der Waals surface area contributed by atoms with Crippen molar-refractivity contribution in [3.63, 3.8) is 0 Å². The molecule has 0 spiro atoms. The molecule has 0 radical (unpaired) electrons. The van der Waals surface area contributed by atoms with Crippen molar-refractivity contribution >= 4 is 23.2 Å². The largest absolute Gasteiger partial charge is 0.332 e. The zero-order valence-corrected chi connectivity index (χ0v) is 20.4. The summed E-state index contributed by atoms with van der Waals surface area (Å²) < 4.78 is 0. The number of nitrogens with zero attached hydrogens (tertiary/aromatic N) is 2. The van der Waals surface area contributed by atoms with Gasteiger partial charge < -0.3 is 9.80 Å². The van der Waals surface area contributed by atoms with Crippen LogP contribution < -0.4 is 0 Å². The van der Waals surface area contributed by atoms with E-state index in [1.165, 1.54) is 4.88 Å². The highest BCUT2D eigenvalue weighted by molar-refractivity contribution is 7.11. The quantitative estimate of drug-likeness (QED) is 0.456. The van der Waals surface area contributed by atoms with E-state index in [4.69, 9.17) is 0 Å². The van der Waals surface area contributed by atoms with Crippen molar-refractivity contribution in [2.45, 2.75) is 53.2 Å². The van der Waals surface area contributed by atoms with Crippen molar-refractivity contribution < 1.29 is 9.59 Å². The summed E-state index contributed by atoms with van der Waals surface area (Å²) in [6.07, 6.45) is 0. The molecule has 0 aliphatic carbocycles. The Balaban J connectivity index is 1.84. The number of hydrogen-bond donors (Lipinski definition) is 0. The molecule has 0 aliphatic rings. The first kappa shape index (κ1) is 23.7. The van der Waals surface area contributed by atoms with E-state index in [2.05, 4.69) is 19.1 Å². The number of aryl methyl sites for hydroxylation is 2. The van der Waals surface area contributed by atoms with Crippen molar-refractivity contribution in [3.8, 4) is 0 Å². The maximum absolute atomic E-state index is 13.5. The summed E-state index contributed by atoms with van der Waals surface area (Å²) in [7, 11) is 0. The van der Waals surface area contributed by atoms with Crippen LogP contribution in [0.3, 0.4) is 0 Å². The molecule has 3 rings (SSSR count). The van der Waals surface area contributed by atoms with Crippen LogP contribution >= 0.6 is 11.3 Å². The molecule has 5 heteroatoms. The third-order valence-corrected chi connectivity index (χ3v) is 6.34. The highest BCUT2D eigenvalue weighted by Crippen LogP contribution is 2.21. The van der Waals surface area contributed by atoms with E-state index in [-0.39, 0.29) is 18.4 Å². The summed E-state index contributed by atoms with van der Waals surface area (Å²) in [4.78, 5) is 32.8. The van der Waals surface area contributed by atoms with Gasteiger partial charge in [0.15, 0.2) is 0 Å². The number of carbonyl (C=O) groups is 2. The van der Waals surface area contributed by atoms with Crippen LogP contribution in [0.5, 0.6) is 0 Å². The molecular weight excluding hydrogens is 416 g/mol. The number of thiophene rings is 1. The minimum absolute atomic E-state index is 0.0351. The van der Waals surface area contributed by atoms with Crippen molar-refractivity contribution in [3.05, 3.63) is 93.2 Å². The molecule has 4 nitrogen and oxygen atoms in total. The van der Waals surface area contributed by atoms with Gasteiger partial charge in [-0.15, -0.1) is 11.3 Å². The normalized spacial score (nSPS) is 11.3. The van der Waals surface area contributed by atoms with Crippen LogP contribution in [0.25, 0.3) is 0 Å². The van der Waals surface area contributed by atoms with Gasteiger partial charge in [0, 0.05) is 27.4 Å². The van der Waals surface area contributed by atoms with Gasteiger partial charge in [0.1, 0.15) is 6.54 Å². The van der Waals surface area contributed by atoms with Crippen molar-refractivity contribution in [1.29, 1.82) is 0 Å². The van der Waals surface area contributed by atoms with Gasteiger partial charge in [-0.2, -0.15) is 0 Å². The fraction of sp³-hybridized carbons (Fsp3) is 0.333. The molecule has 32 heavy (non-hydrogen) atoms. The maximum Gasteiger partial charge on any atom is 0.254 e. The first-order valence-electron chi connectivity index (χ1n) is 10.9. The molecule has 0 aliphatic heterocycles. The SMILES string of the molecule is Cc1ccc(C(=O)N(CC(=O)N(Cc2ccccc2)Cc2ccc(C)s2)C(C)(C)C)cc1. The molecule has 3 aromatic rings. The fourth-order valence-electron chi connectivity index (χ4n) is 3.50. The second kappa shape index (κ2) is 10.1. The Labute approximate surface area is 195 Å². The molecule has 0 fully saturated rings. The zero-order chi connectivity index (χ0) is 23.3. The first-order chi connectivity index (χ1) is 15.1. The van der Waals surface area contributed by atoms with Crippen LogP contribution in [0.15, 0.2) is 66.7 Å². The van der Waals surface area contributed by atoms with Crippen LogP contribution in [0.2, 0.25) is 0 Å². The molecular formula is C27H32N2O2S. The molecule has 2 aromatic carbocycles. The molecule has 0 N–H and O–H groups in total. The number of benzene rings is 2. The third-order valence-electron chi connectivity index (χ3n) is 5.36. The number of rotatable bonds is 7. The first-order valence-corrected chi connectivity index (χ1v) is 11.7. The molecule has 2 amide bonds. The van der Waals surface area contributed by atoms with Gasteiger partial charge in [-0.25, -0.2) is 0 Å². The van der Waals surface area contributed by atoms with Crippen molar-refractivity contribution in [1.82, 2.24) is 9.80 Å². The predicted octanol–water partition coefficient (Wildman–Crippen LogP) is 5.83. The van der Waals surface area contributed by atoms with Gasteiger partial charge in [0.2, 0.25) is 5.91 Å². The average Bonchev–Trinajstić information content (AvgIpc) is 3.16. The summed E-state index contributed by atoms with van der Waals surface area (Å²) in [5.74, 6) is -0.187. The van der Waals surface area contributed by atoms with Crippen LogP contribution in [0, 0.1) is 13.8 Å². The van der Waals surface area contributed by atoms with Crippen LogP contribution in [-0.2, 0) is 17.9 Å². The Bertz CT molecular complexity index is 1050. The van der Waals surface area contributed by atoms with E-state index in [1.54, 1.807) is 16.2 Å². The molecule has 1 aromatic heterocycles. The van der Waals surface area contributed by atoms with Gasteiger partial charge in [-0.1, -0.05) is 48.0 Å². The third kappa shape index (κ3) is 6.30. The Hall–Kier alpha value is -2.92. The minimum atomic E-state index is -0.491. The summed E-state index contributed by atoms with van der Waals surface area (Å²) in [5, 5.41) is 0. The maximum atomic E-state index is 13.5. The Kier molecular flexibility index (Phi) is 7.52. The lowest BCUT2D eigenvalue weighted by Gasteiger charge is -2.37. The molecule has 0 bridgehead atoms. The molecule has 168 valence electrons. The molecule has 0 atom stereocenters. The highest BCUT2D eigenvalue weighted by Gasteiger charge is 2.31. The smallest absolute Gasteiger partial charge is 0.254 e. The van der Waals surface area contributed by atoms with Gasteiger partial charge in [-0.3, -0.25) is 9.59 Å². The highest BCUT2D eigenvalue weighted by atomic mass is 32.1. The van der Waals surface area contributed by atoms with Gasteiger partial charge in [-0.05, 0) is 64.4 Å². The Morgan fingerprint density at radius 2 is 1.50 bits per heavy atom. The second-order valence-corrected chi connectivity index (χ2v) is 10.5. The lowest BCUT2D eigenvalue weighted by atomic mass is 10.0. The second-order valence-electron chi connectivity index (χ2n) is 9.18. The van der Waals surface area contributed by atoms with Crippen LogP contribution in [0.1, 0.15) is 52.0 Å². The van der Waals surface area contributed by atoms with Gasteiger partial charge in [0.25, 0.3) is 5.91 Å². The van der Waals surface area contributed by atoms with Crippen molar-refractivity contribution in [2.24, 2.45) is 0 Å². The standard InChI is InChI=1S/C27H32N2O2S/c1-20-11-14-23(15-12-20)26(31)29(27(3,4)5)19-25(30)28(17-22-9-7-6-8-10-22)18-24-16-13-21(2)32-24/h6-16H,17-19H2,1-5H3. The minimum Gasteiger partial charge on any atom is -0.332 e. The molecule has 0 saturated heterocycles. The lowest BCUT2D eigenvalue weighted by molar-refractivity contribution is -0.134. The van der Waals surface area contributed by atoms with E-state index in [9.17, 15) is 9.59 Å². The number of hydrogen-bond acceptors (Lipinski definition) is 3. The van der Waals surface area contributed by atoms with E-state index in [0.717, 1.165) is 16.0 Å². The zero-order valence-electron chi connectivity index (χ0n) is 19.6. The topological polar surface area (TPSA) is 40.6 Å². The van der Waals surface area contributed by atoms with Crippen LogP contribution in [-0.4, -0.2) is 33.7 Å². The van der Waals surface area contributed by atoms with Gasteiger partial charge >= 0.3 is 0 Å². The van der Waals surface area contributed by atoms with Crippen molar-refractivity contribution in [2.75, 3.05) is 6.54 Å². The summed E-state index contributed by atoms with van der Waals surface area (Å²) in [6.45, 7) is 11.0.